The molecule has 0 fully saturated rings. The molecule has 1 unspecified atom stereocenters. The number of methoxy groups -OCH3 is 2. The number of rotatable bonds is 16. The average molecular weight is 729 g/mol. The van der Waals surface area contributed by atoms with E-state index in [0.717, 1.165) is 9.87 Å². The first-order valence-corrected chi connectivity index (χ1v) is 17.7. The third-order valence-electron chi connectivity index (χ3n) is 7.67. The van der Waals surface area contributed by atoms with Gasteiger partial charge in [0.15, 0.2) is 11.5 Å². The van der Waals surface area contributed by atoms with Crippen LogP contribution in [0, 0.1) is 0 Å². The number of ether oxygens (including phenoxy) is 3. The second-order valence-electron chi connectivity index (χ2n) is 10.8. The Bertz CT molecular complexity index is 1820. The van der Waals surface area contributed by atoms with Gasteiger partial charge in [0.05, 0.1) is 31.4 Å². The van der Waals surface area contributed by atoms with Gasteiger partial charge in [-0.3, -0.25) is 13.9 Å². The van der Waals surface area contributed by atoms with Gasteiger partial charge in [-0.1, -0.05) is 59.6 Å². The number of carbonyl (C=O) groups is 2. The molecule has 0 saturated carbocycles. The van der Waals surface area contributed by atoms with E-state index in [1.165, 1.54) is 37.3 Å². The molecule has 0 bridgehead atoms. The normalized spacial score (nSPS) is 11.7. The smallest absolute Gasteiger partial charge is 0.264 e. The zero-order valence-electron chi connectivity index (χ0n) is 27.7. The van der Waals surface area contributed by atoms with Crippen molar-refractivity contribution in [1.29, 1.82) is 0 Å². The van der Waals surface area contributed by atoms with Gasteiger partial charge >= 0.3 is 0 Å². The van der Waals surface area contributed by atoms with Crippen LogP contribution < -0.4 is 23.8 Å². The SMILES string of the molecule is CCNC(=O)C(Cc1ccccc1)N(Cc1c(Cl)cccc1Cl)C(=O)CN(c1ccc(OCC)cc1)S(=O)(=O)c1ccc(OC)c(OC)c1. The van der Waals surface area contributed by atoms with Gasteiger partial charge in [0.25, 0.3) is 10.0 Å². The Hall–Kier alpha value is -4.45. The van der Waals surface area contributed by atoms with Gasteiger partial charge in [0.2, 0.25) is 11.8 Å². The number of hydrogen-bond acceptors (Lipinski definition) is 7. The maximum Gasteiger partial charge on any atom is 0.264 e. The third kappa shape index (κ3) is 9.17. The molecule has 0 aliphatic carbocycles. The number of likely N-dealkylation sites (N-methyl/N-ethyl adjacent to an activating group) is 1. The van der Waals surface area contributed by atoms with Crippen LogP contribution in [-0.2, 0) is 32.6 Å². The number of nitrogens with zero attached hydrogens (tertiary/aromatic N) is 2. The highest BCUT2D eigenvalue weighted by molar-refractivity contribution is 7.92. The number of anilines is 1. The maximum atomic E-state index is 14.6. The standard InChI is InChI=1S/C36H39Cl2N3O7S/c1-5-39-36(43)32(21-25-11-8-7-9-12-25)40(23-29-30(37)13-10-14-31(29)38)35(42)24-41(26-15-17-27(18-16-26)48-6-2)49(44,45)28-19-20-33(46-3)34(22-28)47-4/h7-20,22,32H,5-6,21,23-24H2,1-4H3,(H,39,43). The number of benzene rings is 4. The number of sulfonamides is 1. The van der Waals surface area contributed by atoms with E-state index in [1.807, 2.05) is 37.3 Å². The Morgan fingerprint density at radius 3 is 2.08 bits per heavy atom. The van der Waals surface area contributed by atoms with E-state index in [0.29, 0.717) is 40.3 Å². The summed E-state index contributed by atoms with van der Waals surface area (Å²) >= 11 is 13.1. The van der Waals surface area contributed by atoms with Crippen LogP contribution in [-0.4, -0.2) is 65.1 Å². The zero-order chi connectivity index (χ0) is 35.6. The number of halogens is 2. The van der Waals surface area contributed by atoms with E-state index in [9.17, 15) is 18.0 Å². The molecule has 0 heterocycles. The Labute approximate surface area is 297 Å². The molecular weight excluding hydrogens is 689 g/mol. The van der Waals surface area contributed by atoms with Crippen LogP contribution in [0.2, 0.25) is 10.0 Å². The molecule has 1 N–H and O–H groups in total. The Morgan fingerprint density at radius 1 is 0.837 bits per heavy atom. The number of hydrogen-bond donors (Lipinski definition) is 1. The molecule has 0 aliphatic heterocycles. The van der Waals surface area contributed by atoms with Crippen molar-refractivity contribution in [2.75, 3.05) is 38.2 Å². The van der Waals surface area contributed by atoms with Crippen LogP contribution in [0.5, 0.6) is 17.2 Å². The Balaban J connectivity index is 1.85. The van der Waals surface area contributed by atoms with E-state index >= 15 is 0 Å². The number of nitrogens with one attached hydrogen (secondary N) is 1. The van der Waals surface area contributed by atoms with E-state index in [4.69, 9.17) is 37.4 Å². The summed E-state index contributed by atoms with van der Waals surface area (Å²) in [4.78, 5) is 29.6. The molecule has 1 atom stereocenters. The molecule has 0 saturated heterocycles. The van der Waals surface area contributed by atoms with Crippen LogP contribution >= 0.6 is 23.2 Å². The molecule has 49 heavy (non-hydrogen) atoms. The fourth-order valence-corrected chi connectivity index (χ4v) is 7.16. The summed E-state index contributed by atoms with van der Waals surface area (Å²) in [5, 5.41) is 3.41. The molecule has 0 aliphatic rings. The van der Waals surface area contributed by atoms with Crippen LogP contribution in [0.1, 0.15) is 25.0 Å². The monoisotopic (exact) mass is 727 g/mol. The fraction of sp³-hybridized carbons (Fsp3) is 0.278. The van der Waals surface area contributed by atoms with Gasteiger partial charge in [0.1, 0.15) is 18.3 Å². The topological polar surface area (TPSA) is 114 Å². The lowest BCUT2D eigenvalue weighted by atomic mass is 10.0. The van der Waals surface area contributed by atoms with E-state index < -0.39 is 34.4 Å². The molecule has 13 heteroatoms. The summed E-state index contributed by atoms with van der Waals surface area (Å²) in [6.45, 7) is 3.49. The fourth-order valence-electron chi connectivity index (χ4n) is 5.21. The second kappa shape index (κ2) is 17.3. The molecule has 4 aromatic rings. The summed E-state index contributed by atoms with van der Waals surface area (Å²) in [6.07, 6.45) is 0.145. The number of carbonyl (C=O) groups excluding carboxylic acids is 2. The molecule has 2 amide bonds. The first-order chi connectivity index (χ1) is 23.5. The van der Waals surface area contributed by atoms with Crippen molar-refractivity contribution in [3.05, 3.63) is 112 Å². The highest BCUT2D eigenvalue weighted by Gasteiger charge is 2.35. The van der Waals surface area contributed by atoms with Gasteiger partial charge in [-0.25, -0.2) is 8.42 Å². The van der Waals surface area contributed by atoms with Crippen LogP contribution in [0.25, 0.3) is 0 Å². The zero-order valence-corrected chi connectivity index (χ0v) is 30.0. The Morgan fingerprint density at radius 2 is 1.49 bits per heavy atom. The molecule has 0 radical (unpaired) electrons. The summed E-state index contributed by atoms with van der Waals surface area (Å²) in [7, 11) is -1.57. The minimum absolute atomic E-state index is 0.142. The summed E-state index contributed by atoms with van der Waals surface area (Å²) in [6, 6.07) is 23.6. The van der Waals surface area contributed by atoms with Crippen LogP contribution in [0.15, 0.2) is 95.9 Å². The van der Waals surface area contributed by atoms with Crippen molar-refractivity contribution in [3.63, 3.8) is 0 Å². The lowest BCUT2D eigenvalue weighted by Gasteiger charge is -2.34. The van der Waals surface area contributed by atoms with Crippen molar-refractivity contribution in [2.24, 2.45) is 0 Å². The molecular formula is C36H39Cl2N3O7S. The van der Waals surface area contributed by atoms with Crippen molar-refractivity contribution in [1.82, 2.24) is 10.2 Å². The molecule has 260 valence electrons. The number of amides is 2. The largest absolute Gasteiger partial charge is 0.494 e. The lowest BCUT2D eigenvalue weighted by molar-refractivity contribution is -0.140. The van der Waals surface area contributed by atoms with Gasteiger partial charge < -0.3 is 24.4 Å². The Kier molecular flexibility index (Phi) is 13.2. The van der Waals surface area contributed by atoms with Crippen molar-refractivity contribution < 1.29 is 32.2 Å². The van der Waals surface area contributed by atoms with Gasteiger partial charge in [0, 0.05) is 41.2 Å². The molecule has 0 spiro atoms. The van der Waals surface area contributed by atoms with Crippen molar-refractivity contribution >= 4 is 50.7 Å². The second-order valence-corrected chi connectivity index (χ2v) is 13.5. The third-order valence-corrected chi connectivity index (χ3v) is 10.1. The summed E-state index contributed by atoms with van der Waals surface area (Å²) < 4.78 is 46.1. The minimum Gasteiger partial charge on any atom is -0.494 e. The van der Waals surface area contributed by atoms with Crippen molar-refractivity contribution in [2.45, 2.75) is 37.8 Å². The first kappa shape index (κ1) is 37.4. The van der Waals surface area contributed by atoms with Gasteiger partial charge in [-0.2, -0.15) is 0 Å². The average Bonchev–Trinajstić information content (AvgIpc) is 3.10. The molecule has 4 aromatic carbocycles. The predicted octanol–water partition coefficient (Wildman–Crippen LogP) is 6.38. The summed E-state index contributed by atoms with van der Waals surface area (Å²) in [5.41, 5.74) is 1.40. The quantitative estimate of drug-likeness (QED) is 0.143. The highest BCUT2D eigenvalue weighted by atomic mass is 35.5. The van der Waals surface area contributed by atoms with Crippen LogP contribution in [0.3, 0.4) is 0 Å². The maximum absolute atomic E-state index is 14.6. The molecule has 10 nitrogen and oxygen atoms in total. The van der Waals surface area contributed by atoms with Gasteiger partial charge in [-0.15, -0.1) is 0 Å². The van der Waals surface area contributed by atoms with Gasteiger partial charge in [-0.05, 0) is 67.9 Å². The van der Waals surface area contributed by atoms with E-state index in [1.54, 1.807) is 49.4 Å². The van der Waals surface area contributed by atoms with E-state index in [-0.39, 0.29) is 29.3 Å². The van der Waals surface area contributed by atoms with Crippen LogP contribution in [0.4, 0.5) is 5.69 Å². The highest BCUT2D eigenvalue weighted by Crippen LogP contribution is 2.33. The van der Waals surface area contributed by atoms with Crippen molar-refractivity contribution in [3.8, 4) is 17.2 Å². The molecule has 4 rings (SSSR count). The van der Waals surface area contributed by atoms with E-state index in [2.05, 4.69) is 5.32 Å². The molecule has 0 aromatic heterocycles. The lowest BCUT2D eigenvalue weighted by Crippen LogP contribution is -2.53. The minimum atomic E-state index is -4.41. The predicted molar refractivity (Wildman–Crippen MR) is 191 cm³/mol. The first-order valence-electron chi connectivity index (χ1n) is 15.6. The summed E-state index contributed by atoms with van der Waals surface area (Å²) in [5.74, 6) is -0.0381.